The molecule has 168 valence electrons. The molecule has 0 aliphatic heterocycles. The summed E-state index contributed by atoms with van der Waals surface area (Å²) >= 11 is 0. The lowest BCUT2D eigenvalue weighted by atomic mass is 10.1. The van der Waals surface area contributed by atoms with Gasteiger partial charge in [-0.15, -0.1) is 0 Å². The molecular formula is C25H22N2O5S. The van der Waals surface area contributed by atoms with Crippen molar-refractivity contribution in [2.24, 2.45) is 0 Å². The van der Waals surface area contributed by atoms with Crippen molar-refractivity contribution in [2.75, 3.05) is 6.54 Å². The van der Waals surface area contributed by atoms with E-state index in [1.807, 2.05) is 36.4 Å². The molecule has 0 aliphatic carbocycles. The van der Waals surface area contributed by atoms with E-state index in [0.717, 1.165) is 10.8 Å². The predicted octanol–water partition coefficient (Wildman–Crippen LogP) is 4.44. The Labute approximate surface area is 192 Å². The third-order valence-corrected chi connectivity index (χ3v) is 6.33. The maximum Gasteiger partial charge on any atom is 0.307 e. The lowest BCUT2D eigenvalue weighted by molar-refractivity contribution is -0.144. The maximum atomic E-state index is 12.6. The smallest absolute Gasteiger partial charge is 0.307 e. The van der Waals surface area contributed by atoms with E-state index >= 15 is 0 Å². The number of pyridine rings is 1. The Hall–Kier alpha value is -3.75. The monoisotopic (exact) mass is 462 g/mol. The van der Waals surface area contributed by atoms with Crippen LogP contribution in [0.25, 0.3) is 10.8 Å². The standard InChI is InChI=1S/C25H22N2O5S/c28-25(31-18-21-8-3-4-10-24(21)32-22-9-5-14-26-17-22)13-15-27-33(29,30)23-12-11-19-6-1-2-7-20(19)16-23/h1-12,14,16-17,27H,13,15,18H2. The minimum Gasteiger partial charge on any atom is -0.461 e. The zero-order valence-corrected chi connectivity index (χ0v) is 18.5. The summed E-state index contributed by atoms with van der Waals surface area (Å²) in [6, 6.07) is 23.1. The van der Waals surface area contributed by atoms with Crippen molar-refractivity contribution in [1.82, 2.24) is 9.71 Å². The van der Waals surface area contributed by atoms with Crippen LogP contribution < -0.4 is 9.46 Å². The SMILES string of the molecule is O=C(CCNS(=O)(=O)c1ccc2ccccc2c1)OCc1ccccc1Oc1cccnc1. The minimum atomic E-state index is -3.74. The molecule has 0 bridgehead atoms. The molecule has 33 heavy (non-hydrogen) atoms. The van der Waals surface area contributed by atoms with E-state index in [9.17, 15) is 13.2 Å². The summed E-state index contributed by atoms with van der Waals surface area (Å²) in [6.07, 6.45) is 3.14. The summed E-state index contributed by atoms with van der Waals surface area (Å²) in [5.74, 6) is 0.599. The Bertz CT molecular complexity index is 1360. The topological polar surface area (TPSA) is 94.6 Å². The van der Waals surface area contributed by atoms with Gasteiger partial charge in [0.05, 0.1) is 17.5 Å². The first-order chi connectivity index (χ1) is 16.0. The number of hydrogen-bond donors (Lipinski definition) is 1. The number of para-hydroxylation sites is 1. The van der Waals surface area contributed by atoms with Crippen molar-refractivity contribution < 1.29 is 22.7 Å². The molecule has 0 radical (unpaired) electrons. The number of nitrogens with one attached hydrogen (secondary N) is 1. The highest BCUT2D eigenvalue weighted by atomic mass is 32.2. The van der Waals surface area contributed by atoms with Gasteiger partial charge in [-0.25, -0.2) is 13.1 Å². The molecule has 0 amide bonds. The van der Waals surface area contributed by atoms with Gasteiger partial charge < -0.3 is 9.47 Å². The van der Waals surface area contributed by atoms with Crippen molar-refractivity contribution in [1.29, 1.82) is 0 Å². The Morgan fingerprint density at radius 2 is 1.70 bits per heavy atom. The van der Waals surface area contributed by atoms with Crippen LogP contribution in [0.2, 0.25) is 0 Å². The van der Waals surface area contributed by atoms with Crippen molar-refractivity contribution in [2.45, 2.75) is 17.9 Å². The van der Waals surface area contributed by atoms with E-state index in [2.05, 4.69) is 9.71 Å². The molecule has 3 aromatic carbocycles. The highest BCUT2D eigenvalue weighted by Crippen LogP contribution is 2.25. The molecule has 8 heteroatoms. The molecule has 0 aliphatic rings. The Morgan fingerprint density at radius 1 is 0.909 bits per heavy atom. The first kappa shape index (κ1) is 22.4. The maximum absolute atomic E-state index is 12.6. The fraction of sp³-hybridized carbons (Fsp3) is 0.120. The van der Waals surface area contributed by atoms with Gasteiger partial charge in [0.25, 0.3) is 0 Å². The van der Waals surface area contributed by atoms with Gasteiger partial charge in [0.1, 0.15) is 18.1 Å². The minimum absolute atomic E-state index is 0.00664. The van der Waals surface area contributed by atoms with Crippen LogP contribution in [-0.4, -0.2) is 25.9 Å². The van der Waals surface area contributed by atoms with Crippen LogP contribution in [0.4, 0.5) is 0 Å². The number of aromatic nitrogens is 1. The van der Waals surface area contributed by atoms with E-state index in [1.165, 1.54) is 0 Å². The van der Waals surface area contributed by atoms with Gasteiger partial charge >= 0.3 is 5.97 Å². The lowest BCUT2D eigenvalue weighted by Crippen LogP contribution is -2.26. The van der Waals surface area contributed by atoms with Gasteiger partial charge in [0, 0.05) is 18.3 Å². The molecule has 4 rings (SSSR count). The number of esters is 1. The number of nitrogens with zero attached hydrogens (tertiary/aromatic N) is 1. The summed E-state index contributed by atoms with van der Waals surface area (Å²) in [5, 5.41) is 1.78. The van der Waals surface area contributed by atoms with Crippen LogP contribution in [0.1, 0.15) is 12.0 Å². The fourth-order valence-electron chi connectivity index (χ4n) is 3.19. The van der Waals surface area contributed by atoms with Crippen LogP contribution >= 0.6 is 0 Å². The van der Waals surface area contributed by atoms with Crippen LogP contribution in [-0.2, 0) is 26.2 Å². The number of ether oxygens (including phenoxy) is 2. The summed E-state index contributed by atoms with van der Waals surface area (Å²) in [5.41, 5.74) is 0.687. The molecule has 0 unspecified atom stereocenters. The third-order valence-electron chi connectivity index (χ3n) is 4.88. The second-order valence-corrected chi connectivity index (χ2v) is 8.98. The number of rotatable bonds is 9. The normalized spacial score (nSPS) is 11.3. The van der Waals surface area contributed by atoms with E-state index in [1.54, 1.807) is 54.9 Å². The average Bonchev–Trinajstić information content (AvgIpc) is 2.84. The first-order valence-electron chi connectivity index (χ1n) is 10.3. The van der Waals surface area contributed by atoms with E-state index in [4.69, 9.17) is 9.47 Å². The molecule has 0 atom stereocenters. The second-order valence-electron chi connectivity index (χ2n) is 7.22. The Morgan fingerprint density at radius 3 is 2.52 bits per heavy atom. The van der Waals surface area contributed by atoms with Gasteiger partial charge in [-0.1, -0.05) is 48.5 Å². The zero-order valence-electron chi connectivity index (χ0n) is 17.7. The molecule has 0 saturated heterocycles. The predicted molar refractivity (Wildman–Crippen MR) is 124 cm³/mol. The molecule has 1 aromatic heterocycles. The molecular weight excluding hydrogens is 440 g/mol. The molecule has 1 N–H and O–H groups in total. The van der Waals surface area contributed by atoms with E-state index < -0.39 is 16.0 Å². The summed E-state index contributed by atoms with van der Waals surface area (Å²) < 4.78 is 38.7. The molecule has 0 saturated carbocycles. The lowest BCUT2D eigenvalue weighted by Gasteiger charge is -2.11. The molecule has 7 nitrogen and oxygen atoms in total. The molecule has 0 spiro atoms. The number of carbonyl (C=O) groups is 1. The summed E-state index contributed by atoms with van der Waals surface area (Å²) in [7, 11) is -3.74. The summed E-state index contributed by atoms with van der Waals surface area (Å²) in [6.45, 7) is -0.0610. The number of benzene rings is 3. The third kappa shape index (κ3) is 5.94. The number of fused-ring (bicyclic) bond motifs is 1. The molecule has 1 heterocycles. The fourth-order valence-corrected chi connectivity index (χ4v) is 4.26. The van der Waals surface area contributed by atoms with Crippen LogP contribution in [0.3, 0.4) is 0 Å². The van der Waals surface area contributed by atoms with Gasteiger partial charge in [-0.05, 0) is 41.1 Å². The Balaban J connectivity index is 1.30. The zero-order chi connectivity index (χ0) is 23.1. The quantitative estimate of drug-likeness (QED) is 0.370. The Kier molecular flexibility index (Phi) is 6.97. The number of hydrogen-bond acceptors (Lipinski definition) is 6. The van der Waals surface area contributed by atoms with Gasteiger partial charge in [-0.2, -0.15) is 0 Å². The van der Waals surface area contributed by atoms with Gasteiger partial charge in [0.15, 0.2) is 0 Å². The van der Waals surface area contributed by atoms with Crippen molar-refractivity contribution in [3.63, 3.8) is 0 Å². The van der Waals surface area contributed by atoms with Crippen molar-refractivity contribution in [3.05, 3.63) is 96.8 Å². The van der Waals surface area contributed by atoms with Crippen molar-refractivity contribution >= 4 is 26.8 Å². The second kappa shape index (κ2) is 10.2. The van der Waals surface area contributed by atoms with Crippen LogP contribution in [0, 0.1) is 0 Å². The molecule has 4 aromatic rings. The number of carbonyl (C=O) groups excluding carboxylic acids is 1. The highest BCUT2D eigenvalue weighted by molar-refractivity contribution is 7.89. The van der Waals surface area contributed by atoms with Crippen LogP contribution in [0.5, 0.6) is 11.5 Å². The largest absolute Gasteiger partial charge is 0.461 e. The molecule has 0 fully saturated rings. The van der Waals surface area contributed by atoms with Crippen molar-refractivity contribution in [3.8, 4) is 11.5 Å². The van der Waals surface area contributed by atoms with Gasteiger partial charge in [0.2, 0.25) is 10.0 Å². The van der Waals surface area contributed by atoms with E-state index in [-0.39, 0.29) is 24.5 Å². The van der Waals surface area contributed by atoms with Gasteiger partial charge in [-0.3, -0.25) is 9.78 Å². The highest BCUT2D eigenvalue weighted by Gasteiger charge is 2.15. The number of sulfonamides is 1. The first-order valence-corrected chi connectivity index (χ1v) is 11.8. The summed E-state index contributed by atoms with van der Waals surface area (Å²) in [4.78, 5) is 16.3. The van der Waals surface area contributed by atoms with E-state index in [0.29, 0.717) is 17.1 Å². The van der Waals surface area contributed by atoms with Crippen LogP contribution in [0.15, 0.2) is 96.2 Å². The average molecular weight is 463 g/mol.